The third-order valence-corrected chi connectivity index (χ3v) is 4.39. The molecule has 0 bridgehead atoms. The number of aromatic carboxylic acids is 1. The molecule has 0 heterocycles. The van der Waals surface area contributed by atoms with E-state index >= 15 is 0 Å². The fourth-order valence-corrected chi connectivity index (χ4v) is 3.03. The highest BCUT2D eigenvalue weighted by Crippen LogP contribution is 2.24. The third kappa shape index (κ3) is 3.29. The molecule has 122 valence electrons. The molecule has 9 heteroatoms. The summed E-state index contributed by atoms with van der Waals surface area (Å²) in [4.78, 5) is 9.76. The van der Waals surface area contributed by atoms with Gasteiger partial charge in [-0.3, -0.25) is 4.72 Å². The lowest BCUT2D eigenvalue weighted by Gasteiger charge is -2.12. The molecule has 2 aromatic rings. The Hall–Kier alpha value is -2.55. The van der Waals surface area contributed by atoms with Gasteiger partial charge in [0.1, 0.15) is 4.90 Å². The molecule has 0 aliphatic carbocycles. The van der Waals surface area contributed by atoms with Crippen LogP contribution in [0.2, 0.25) is 0 Å². The van der Waals surface area contributed by atoms with Gasteiger partial charge < -0.3 is 5.11 Å². The second-order valence-corrected chi connectivity index (χ2v) is 6.26. The van der Waals surface area contributed by atoms with Gasteiger partial charge in [0.25, 0.3) is 10.0 Å². The topological polar surface area (TPSA) is 83.5 Å². The van der Waals surface area contributed by atoms with Gasteiger partial charge in [-0.1, -0.05) is 0 Å². The Kier molecular flexibility index (Phi) is 4.33. The first-order valence-corrected chi connectivity index (χ1v) is 7.62. The Morgan fingerprint density at radius 1 is 1.09 bits per heavy atom. The highest BCUT2D eigenvalue weighted by molar-refractivity contribution is 7.92. The minimum atomic E-state index is -4.52. The van der Waals surface area contributed by atoms with Crippen molar-refractivity contribution in [2.75, 3.05) is 4.72 Å². The van der Waals surface area contributed by atoms with Crippen LogP contribution in [0.1, 0.15) is 15.9 Å². The van der Waals surface area contributed by atoms with Gasteiger partial charge in [0.2, 0.25) is 0 Å². The molecule has 0 amide bonds. The Bertz CT molecular complexity index is 897. The molecule has 0 radical (unpaired) electrons. The molecule has 0 saturated carbocycles. The predicted molar refractivity (Wildman–Crippen MR) is 75.3 cm³/mol. The second-order valence-electron chi connectivity index (χ2n) is 4.61. The summed E-state index contributed by atoms with van der Waals surface area (Å²) in [6.45, 7) is 1.44. The van der Waals surface area contributed by atoms with Gasteiger partial charge in [-0.25, -0.2) is 26.4 Å². The van der Waals surface area contributed by atoms with Crippen molar-refractivity contribution >= 4 is 21.7 Å². The van der Waals surface area contributed by atoms with Gasteiger partial charge in [-0.2, -0.15) is 0 Å². The Morgan fingerprint density at radius 3 is 2.30 bits per heavy atom. The van der Waals surface area contributed by atoms with E-state index in [4.69, 9.17) is 5.11 Å². The van der Waals surface area contributed by atoms with Crippen LogP contribution in [0, 0.1) is 24.4 Å². The molecule has 0 aliphatic heterocycles. The molecule has 0 spiro atoms. The molecule has 2 aromatic carbocycles. The zero-order valence-electron chi connectivity index (χ0n) is 11.6. The normalized spacial score (nSPS) is 11.3. The number of hydrogen-bond acceptors (Lipinski definition) is 3. The van der Waals surface area contributed by atoms with Crippen LogP contribution >= 0.6 is 0 Å². The van der Waals surface area contributed by atoms with Crippen LogP contribution in [0.15, 0.2) is 35.2 Å². The highest BCUT2D eigenvalue weighted by atomic mass is 32.2. The zero-order valence-corrected chi connectivity index (χ0v) is 12.4. The summed E-state index contributed by atoms with van der Waals surface area (Å²) in [7, 11) is -4.52. The van der Waals surface area contributed by atoms with Crippen molar-refractivity contribution in [3.05, 3.63) is 58.9 Å². The molecule has 2 N–H and O–H groups in total. The van der Waals surface area contributed by atoms with Crippen LogP contribution < -0.4 is 4.72 Å². The quantitative estimate of drug-likeness (QED) is 0.835. The molecule has 0 saturated heterocycles. The average molecular weight is 345 g/mol. The number of benzene rings is 2. The van der Waals surface area contributed by atoms with E-state index in [2.05, 4.69) is 0 Å². The number of carbonyl (C=O) groups is 1. The van der Waals surface area contributed by atoms with Crippen molar-refractivity contribution in [3.63, 3.8) is 0 Å². The van der Waals surface area contributed by atoms with Crippen molar-refractivity contribution in [2.24, 2.45) is 0 Å². The lowest BCUT2D eigenvalue weighted by Crippen LogP contribution is -2.16. The third-order valence-electron chi connectivity index (χ3n) is 3.01. The maximum absolute atomic E-state index is 13.6. The fraction of sp³-hybridized carbons (Fsp3) is 0.0714. The molecule has 0 unspecified atom stereocenters. The molecule has 0 fully saturated rings. The van der Waals surface area contributed by atoms with Gasteiger partial charge in [0.15, 0.2) is 17.5 Å². The molecular formula is C14H10F3NO4S. The summed E-state index contributed by atoms with van der Waals surface area (Å²) in [5, 5.41) is 8.84. The lowest BCUT2D eigenvalue weighted by molar-refractivity contribution is 0.0697. The van der Waals surface area contributed by atoms with Crippen molar-refractivity contribution in [1.29, 1.82) is 0 Å². The van der Waals surface area contributed by atoms with E-state index in [1.165, 1.54) is 19.1 Å². The first-order valence-electron chi connectivity index (χ1n) is 6.13. The van der Waals surface area contributed by atoms with Gasteiger partial charge >= 0.3 is 5.97 Å². The van der Waals surface area contributed by atoms with Crippen LogP contribution in [0.5, 0.6) is 0 Å². The number of rotatable bonds is 4. The summed E-state index contributed by atoms with van der Waals surface area (Å²) in [5.41, 5.74) is 0.181. The molecule has 0 aromatic heterocycles. The Labute approximate surface area is 129 Å². The summed E-state index contributed by atoms with van der Waals surface area (Å²) >= 11 is 0. The number of halogens is 3. The van der Waals surface area contributed by atoms with E-state index in [9.17, 15) is 26.4 Å². The number of anilines is 1. The number of nitrogens with one attached hydrogen (secondary N) is 1. The number of aryl methyl sites for hydroxylation is 1. The van der Waals surface area contributed by atoms with E-state index in [0.29, 0.717) is 12.1 Å². The largest absolute Gasteiger partial charge is 0.478 e. The maximum Gasteiger partial charge on any atom is 0.335 e. The van der Waals surface area contributed by atoms with Gasteiger partial charge in [0, 0.05) is 0 Å². The summed E-state index contributed by atoms with van der Waals surface area (Å²) < 4.78 is 65.9. The number of sulfonamides is 1. The van der Waals surface area contributed by atoms with E-state index in [1.807, 2.05) is 4.72 Å². The van der Waals surface area contributed by atoms with Gasteiger partial charge in [0.05, 0.1) is 11.3 Å². The zero-order chi connectivity index (χ0) is 17.4. The second kappa shape index (κ2) is 5.92. The average Bonchev–Trinajstić information content (AvgIpc) is 2.46. The first-order chi connectivity index (χ1) is 10.6. The van der Waals surface area contributed by atoms with E-state index in [1.54, 1.807) is 0 Å². The lowest BCUT2D eigenvalue weighted by atomic mass is 10.1. The summed E-state index contributed by atoms with van der Waals surface area (Å²) in [6.07, 6.45) is 0. The standard InChI is InChI=1S/C14H10F3NO4S/c1-7-6-8(14(19)20)2-4-10(7)18-23(21,22)11-5-3-9(15)12(16)13(11)17/h2-6,18H,1H3,(H,19,20). The molecule has 23 heavy (non-hydrogen) atoms. The van der Waals surface area contributed by atoms with Crippen LogP contribution in [0.4, 0.5) is 18.9 Å². The van der Waals surface area contributed by atoms with Crippen LogP contribution in [-0.4, -0.2) is 19.5 Å². The van der Waals surface area contributed by atoms with Crippen LogP contribution in [-0.2, 0) is 10.0 Å². The van der Waals surface area contributed by atoms with E-state index < -0.39 is 38.3 Å². The number of carboxylic acids is 1. The molecule has 0 atom stereocenters. The summed E-state index contributed by atoms with van der Waals surface area (Å²) in [5.74, 6) is -6.44. The molecule has 0 aliphatic rings. The van der Waals surface area contributed by atoms with Gasteiger partial charge in [-0.05, 0) is 42.8 Å². The Balaban J connectivity index is 2.43. The van der Waals surface area contributed by atoms with Crippen LogP contribution in [0.3, 0.4) is 0 Å². The minimum absolute atomic E-state index is 0.0147. The maximum atomic E-state index is 13.6. The smallest absolute Gasteiger partial charge is 0.335 e. The van der Waals surface area contributed by atoms with Crippen molar-refractivity contribution in [2.45, 2.75) is 11.8 Å². The van der Waals surface area contributed by atoms with Crippen molar-refractivity contribution < 1.29 is 31.5 Å². The highest BCUT2D eigenvalue weighted by Gasteiger charge is 2.24. The van der Waals surface area contributed by atoms with Crippen LogP contribution in [0.25, 0.3) is 0 Å². The number of hydrogen-bond donors (Lipinski definition) is 2. The monoisotopic (exact) mass is 345 g/mol. The predicted octanol–water partition coefficient (Wildman–Crippen LogP) is 2.91. The molecule has 5 nitrogen and oxygen atoms in total. The van der Waals surface area contributed by atoms with E-state index in [-0.39, 0.29) is 16.8 Å². The van der Waals surface area contributed by atoms with Crippen molar-refractivity contribution in [1.82, 2.24) is 0 Å². The Morgan fingerprint density at radius 2 is 1.74 bits per heavy atom. The first kappa shape index (κ1) is 16.8. The molecule has 2 rings (SSSR count). The number of carboxylic acid groups (broad SMARTS) is 1. The SMILES string of the molecule is Cc1cc(C(=O)O)ccc1NS(=O)(=O)c1ccc(F)c(F)c1F. The minimum Gasteiger partial charge on any atom is -0.478 e. The van der Waals surface area contributed by atoms with Gasteiger partial charge in [-0.15, -0.1) is 0 Å². The fourth-order valence-electron chi connectivity index (χ4n) is 1.83. The van der Waals surface area contributed by atoms with E-state index in [0.717, 1.165) is 6.07 Å². The summed E-state index contributed by atoms with van der Waals surface area (Å²) in [6, 6.07) is 4.62. The molecular weight excluding hydrogens is 335 g/mol. The van der Waals surface area contributed by atoms with Crippen molar-refractivity contribution in [3.8, 4) is 0 Å².